The third-order valence-electron chi connectivity index (χ3n) is 3.30. The summed E-state index contributed by atoms with van der Waals surface area (Å²) in [5.41, 5.74) is 2.36. The maximum absolute atomic E-state index is 12.0. The van der Waals surface area contributed by atoms with E-state index < -0.39 is 0 Å². The van der Waals surface area contributed by atoms with E-state index in [0.29, 0.717) is 34.4 Å². The molecule has 0 spiro atoms. The van der Waals surface area contributed by atoms with Crippen LogP contribution in [0.2, 0.25) is 10.0 Å². The number of methoxy groups -OCH3 is 1. The summed E-state index contributed by atoms with van der Waals surface area (Å²) in [4.78, 5) is 12.0. The van der Waals surface area contributed by atoms with E-state index >= 15 is 0 Å². The third kappa shape index (κ3) is 4.78. The second-order valence-corrected chi connectivity index (χ2v) is 5.82. The number of aryl methyl sites for hydroxylation is 1. The van der Waals surface area contributed by atoms with E-state index in [2.05, 4.69) is 10.6 Å². The molecule has 0 aromatic heterocycles. The quantitative estimate of drug-likeness (QED) is 0.788. The molecule has 0 aliphatic heterocycles. The third-order valence-corrected chi connectivity index (χ3v) is 4.03. The lowest BCUT2D eigenvalue weighted by molar-refractivity contribution is -0.115. The Labute approximate surface area is 145 Å². The molecule has 23 heavy (non-hydrogen) atoms. The number of anilines is 2. The van der Waals surface area contributed by atoms with Gasteiger partial charge in [-0.15, -0.1) is 0 Å². The molecule has 0 fully saturated rings. The predicted octanol–water partition coefficient (Wildman–Crippen LogP) is 4.75. The summed E-state index contributed by atoms with van der Waals surface area (Å²) < 4.78 is 5.29. The van der Waals surface area contributed by atoms with Crippen molar-refractivity contribution in [2.24, 2.45) is 0 Å². The van der Waals surface area contributed by atoms with E-state index in [1.54, 1.807) is 25.3 Å². The fourth-order valence-electron chi connectivity index (χ4n) is 2.06. The van der Waals surface area contributed by atoms with E-state index in [4.69, 9.17) is 27.9 Å². The molecule has 2 rings (SSSR count). The summed E-state index contributed by atoms with van der Waals surface area (Å²) in [6.07, 6.45) is 0.302. The SMILES string of the molecule is COc1cc(Cl)c(C)cc1NCCC(=O)Nc1ccccc1Cl. The molecule has 0 unspecified atom stereocenters. The summed E-state index contributed by atoms with van der Waals surface area (Å²) in [6, 6.07) is 10.8. The summed E-state index contributed by atoms with van der Waals surface area (Å²) in [6.45, 7) is 2.38. The first-order valence-corrected chi connectivity index (χ1v) is 7.89. The van der Waals surface area contributed by atoms with Gasteiger partial charge in [0.05, 0.1) is 23.5 Å². The highest BCUT2D eigenvalue weighted by Gasteiger charge is 2.08. The Kier molecular flexibility index (Phi) is 6.13. The zero-order valence-corrected chi connectivity index (χ0v) is 14.5. The average molecular weight is 353 g/mol. The highest BCUT2D eigenvalue weighted by molar-refractivity contribution is 6.33. The maximum Gasteiger partial charge on any atom is 0.226 e. The van der Waals surface area contributed by atoms with Gasteiger partial charge >= 0.3 is 0 Å². The second kappa shape index (κ2) is 8.09. The molecule has 2 N–H and O–H groups in total. The van der Waals surface area contributed by atoms with Gasteiger partial charge in [-0.25, -0.2) is 0 Å². The van der Waals surface area contributed by atoms with Crippen LogP contribution in [0.4, 0.5) is 11.4 Å². The van der Waals surface area contributed by atoms with Gasteiger partial charge < -0.3 is 15.4 Å². The molecule has 0 aliphatic rings. The Bertz CT molecular complexity index is 705. The summed E-state index contributed by atoms with van der Waals surface area (Å²) in [5, 5.41) is 7.13. The molecule has 0 saturated heterocycles. The van der Waals surface area contributed by atoms with E-state index in [1.807, 2.05) is 25.1 Å². The lowest BCUT2D eigenvalue weighted by Crippen LogP contribution is -2.16. The van der Waals surface area contributed by atoms with Crippen LogP contribution in [-0.2, 0) is 4.79 Å². The van der Waals surface area contributed by atoms with Gasteiger partial charge in [-0.2, -0.15) is 0 Å². The molecule has 122 valence electrons. The van der Waals surface area contributed by atoms with Gasteiger partial charge in [0.15, 0.2) is 0 Å². The zero-order chi connectivity index (χ0) is 16.8. The monoisotopic (exact) mass is 352 g/mol. The molecule has 0 bridgehead atoms. The van der Waals surface area contributed by atoms with E-state index in [1.165, 1.54) is 0 Å². The van der Waals surface area contributed by atoms with Crippen molar-refractivity contribution in [3.8, 4) is 5.75 Å². The van der Waals surface area contributed by atoms with Crippen molar-refractivity contribution in [3.05, 3.63) is 52.0 Å². The highest BCUT2D eigenvalue weighted by Crippen LogP contribution is 2.30. The van der Waals surface area contributed by atoms with Crippen LogP contribution in [0.15, 0.2) is 36.4 Å². The number of carbonyl (C=O) groups excluding carboxylic acids is 1. The van der Waals surface area contributed by atoms with Crippen molar-refractivity contribution in [1.82, 2.24) is 0 Å². The number of hydrogen-bond acceptors (Lipinski definition) is 3. The standard InChI is InChI=1S/C17H18Cl2N2O2/c1-11-9-15(16(23-2)10-13(11)19)20-8-7-17(22)21-14-6-4-3-5-12(14)18/h3-6,9-10,20H,7-8H2,1-2H3,(H,21,22). The van der Waals surface area contributed by atoms with Gasteiger partial charge in [-0.1, -0.05) is 35.3 Å². The molecule has 1 amide bonds. The first kappa shape index (κ1) is 17.4. The van der Waals surface area contributed by atoms with E-state index in [0.717, 1.165) is 11.3 Å². The number of rotatable bonds is 6. The molecule has 0 heterocycles. The largest absolute Gasteiger partial charge is 0.495 e. The molecule has 6 heteroatoms. The number of amides is 1. The minimum atomic E-state index is -0.116. The van der Waals surface area contributed by atoms with Crippen LogP contribution in [0, 0.1) is 6.92 Å². The van der Waals surface area contributed by atoms with Crippen LogP contribution in [0.3, 0.4) is 0 Å². The van der Waals surface area contributed by atoms with Crippen LogP contribution in [-0.4, -0.2) is 19.6 Å². The van der Waals surface area contributed by atoms with Crippen molar-refractivity contribution >= 4 is 40.5 Å². The van der Waals surface area contributed by atoms with Crippen molar-refractivity contribution in [3.63, 3.8) is 0 Å². The molecule has 0 aliphatic carbocycles. The van der Waals surface area contributed by atoms with Crippen LogP contribution in [0.5, 0.6) is 5.75 Å². The minimum absolute atomic E-state index is 0.116. The normalized spacial score (nSPS) is 10.3. The first-order valence-electron chi connectivity index (χ1n) is 7.13. The summed E-state index contributed by atoms with van der Waals surface area (Å²) in [7, 11) is 1.58. The van der Waals surface area contributed by atoms with Gasteiger partial charge in [0.25, 0.3) is 0 Å². The Morgan fingerprint density at radius 2 is 1.87 bits per heavy atom. The molecule has 2 aromatic carbocycles. The minimum Gasteiger partial charge on any atom is -0.495 e. The molecule has 4 nitrogen and oxygen atoms in total. The van der Waals surface area contributed by atoms with E-state index in [-0.39, 0.29) is 5.91 Å². The van der Waals surface area contributed by atoms with Gasteiger partial charge in [0.2, 0.25) is 5.91 Å². The molecule has 0 saturated carbocycles. The van der Waals surface area contributed by atoms with Gasteiger partial charge in [0.1, 0.15) is 5.75 Å². The fourth-order valence-corrected chi connectivity index (χ4v) is 2.39. The number of para-hydroxylation sites is 1. The predicted molar refractivity (Wildman–Crippen MR) is 95.9 cm³/mol. The van der Waals surface area contributed by atoms with Gasteiger partial charge in [-0.3, -0.25) is 4.79 Å². The van der Waals surface area contributed by atoms with Crippen LogP contribution in [0.25, 0.3) is 0 Å². The van der Waals surface area contributed by atoms with E-state index in [9.17, 15) is 4.79 Å². The average Bonchev–Trinajstić information content (AvgIpc) is 2.52. The number of nitrogens with one attached hydrogen (secondary N) is 2. The highest BCUT2D eigenvalue weighted by atomic mass is 35.5. The zero-order valence-electron chi connectivity index (χ0n) is 13.0. The van der Waals surface area contributed by atoms with Crippen LogP contribution in [0.1, 0.15) is 12.0 Å². The second-order valence-electron chi connectivity index (χ2n) is 5.01. The van der Waals surface area contributed by atoms with Gasteiger partial charge in [-0.05, 0) is 30.7 Å². The Morgan fingerprint density at radius 1 is 1.13 bits per heavy atom. The molecular weight excluding hydrogens is 335 g/mol. The molecule has 2 aromatic rings. The molecular formula is C17H18Cl2N2O2. The van der Waals surface area contributed by atoms with Crippen molar-refractivity contribution in [2.75, 3.05) is 24.3 Å². The Hall–Kier alpha value is -1.91. The smallest absolute Gasteiger partial charge is 0.226 e. The summed E-state index contributed by atoms with van der Waals surface area (Å²) in [5.74, 6) is 0.530. The van der Waals surface area contributed by atoms with Crippen molar-refractivity contribution < 1.29 is 9.53 Å². The number of halogens is 2. The number of ether oxygens (including phenoxy) is 1. The lowest BCUT2D eigenvalue weighted by atomic mass is 10.2. The summed E-state index contributed by atoms with van der Waals surface area (Å²) >= 11 is 12.1. The maximum atomic E-state index is 12.0. The molecule has 0 radical (unpaired) electrons. The van der Waals surface area contributed by atoms with Crippen molar-refractivity contribution in [1.29, 1.82) is 0 Å². The van der Waals surface area contributed by atoms with Crippen molar-refractivity contribution in [2.45, 2.75) is 13.3 Å². The van der Waals surface area contributed by atoms with Gasteiger partial charge in [0, 0.05) is 24.1 Å². The number of benzene rings is 2. The topological polar surface area (TPSA) is 50.4 Å². The number of carbonyl (C=O) groups is 1. The lowest BCUT2D eigenvalue weighted by Gasteiger charge is -2.13. The van der Waals surface area contributed by atoms with Crippen LogP contribution < -0.4 is 15.4 Å². The number of hydrogen-bond donors (Lipinski definition) is 2. The Balaban J connectivity index is 1.91. The fraction of sp³-hybridized carbons (Fsp3) is 0.235. The van der Waals surface area contributed by atoms with Crippen LogP contribution >= 0.6 is 23.2 Å². The first-order chi connectivity index (χ1) is 11.0. The Morgan fingerprint density at radius 3 is 2.57 bits per heavy atom. The molecule has 0 atom stereocenters.